The van der Waals surface area contributed by atoms with E-state index in [0.717, 1.165) is 10.8 Å². The number of hydrogen-bond acceptors (Lipinski definition) is 5. The highest BCUT2D eigenvalue weighted by molar-refractivity contribution is 6.07. The van der Waals surface area contributed by atoms with E-state index in [9.17, 15) is 14.4 Å². The summed E-state index contributed by atoms with van der Waals surface area (Å²) in [6.45, 7) is 2.54. The molecular formula is C26H24N2O5. The molecule has 1 saturated heterocycles. The van der Waals surface area contributed by atoms with E-state index in [1.165, 1.54) is 6.92 Å². The molecule has 3 aromatic carbocycles. The maximum atomic E-state index is 13.2. The second-order valence-electron chi connectivity index (χ2n) is 8.39. The van der Waals surface area contributed by atoms with Crippen LogP contribution in [0.5, 0.6) is 11.5 Å². The van der Waals surface area contributed by atoms with Crippen LogP contribution in [0.4, 0.5) is 5.69 Å². The van der Waals surface area contributed by atoms with E-state index in [4.69, 9.17) is 9.47 Å². The Morgan fingerprint density at radius 2 is 1.61 bits per heavy atom. The Kier molecular flexibility index (Phi) is 5.46. The summed E-state index contributed by atoms with van der Waals surface area (Å²) >= 11 is 0. The number of anilines is 1. The van der Waals surface area contributed by atoms with Gasteiger partial charge in [0.05, 0.1) is 5.69 Å². The highest BCUT2D eigenvalue weighted by Crippen LogP contribution is 2.37. The van der Waals surface area contributed by atoms with Crippen molar-refractivity contribution in [3.05, 3.63) is 65.7 Å². The minimum atomic E-state index is -0.244. The van der Waals surface area contributed by atoms with Crippen LogP contribution in [0.15, 0.2) is 54.6 Å². The highest BCUT2D eigenvalue weighted by Gasteiger charge is 2.29. The first kappa shape index (κ1) is 21.0. The molecule has 0 unspecified atom stereocenters. The van der Waals surface area contributed by atoms with Crippen LogP contribution in [-0.2, 0) is 4.79 Å². The van der Waals surface area contributed by atoms with Gasteiger partial charge in [-0.3, -0.25) is 14.4 Å². The van der Waals surface area contributed by atoms with E-state index in [1.807, 2.05) is 47.4 Å². The average Bonchev–Trinajstić information content (AvgIpc) is 3.30. The lowest BCUT2D eigenvalue weighted by atomic mass is 9.94. The van der Waals surface area contributed by atoms with Crippen LogP contribution in [-0.4, -0.2) is 42.4 Å². The molecule has 1 fully saturated rings. The van der Waals surface area contributed by atoms with Gasteiger partial charge in [0.15, 0.2) is 17.3 Å². The number of benzene rings is 3. The number of amides is 2. The van der Waals surface area contributed by atoms with Crippen molar-refractivity contribution in [3.63, 3.8) is 0 Å². The molecule has 0 atom stereocenters. The number of likely N-dealkylation sites (tertiary alicyclic amines) is 1. The summed E-state index contributed by atoms with van der Waals surface area (Å²) in [6.07, 6.45) is 1.12. The van der Waals surface area contributed by atoms with Gasteiger partial charge in [0.1, 0.15) is 0 Å². The molecule has 7 heteroatoms. The topological polar surface area (TPSA) is 84.9 Å². The third-order valence-electron chi connectivity index (χ3n) is 6.32. The average molecular weight is 444 g/mol. The molecule has 7 nitrogen and oxygen atoms in total. The number of nitrogens with zero attached hydrogens (tertiary/aromatic N) is 1. The van der Waals surface area contributed by atoms with E-state index in [0.29, 0.717) is 54.2 Å². The summed E-state index contributed by atoms with van der Waals surface area (Å²) < 4.78 is 10.7. The van der Waals surface area contributed by atoms with Gasteiger partial charge in [0, 0.05) is 36.2 Å². The Labute approximate surface area is 191 Å². The third-order valence-corrected chi connectivity index (χ3v) is 6.32. The quantitative estimate of drug-likeness (QED) is 0.608. The Bertz CT molecular complexity index is 1260. The van der Waals surface area contributed by atoms with Gasteiger partial charge in [-0.05, 0) is 42.7 Å². The number of nitrogens with one attached hydrogen (secondary N) is 1. The minimum absolute atomic E-state index is 0.0136. The number of ether oxygens (including phenoxy) is 2. The first-order valence-electron chi connectivity index (χ1n) is 11.0. The molecule has 0 radical (unpaired) electrons. The number of piperidine rings is 1. The number of ketones is 1. The first-order valence-corrected chi connectivity index (χ1v) is 11.0. The summed E-state index contributed by atoms with van der Waals surface area (Å²) in [5.74, 6) is 0.420. The molecular weight excluding hydrogens is 420 g/mol. The fraction of sp³-hybridized carbons (Fsp3) is 0.269. The van der Waals surface area contributed by atoms with Crippen LogP contribution in [0.2, 0.25) is 0 Å². The standard InChI is InChI=1S/C26H24N2O5/c1-16(29)21-13-23-24(33-15-32-23)14-22(21)27-25(30)18-9-11-28(12-10-18)26(31)20-8-4-6-17-5-2-3-7-19(17)20/h2-8,13-14,18H,9-12,15H2,1H3,(H,27,30). The van der Waals surface area contributed by atoms with Gasteiger partial charge in [0.25, 0.3) is 5.91 Å². The number of carbonyl (C=O) groups excluding carboxylic acids is 3. The Morgan fingerprint density at radius 3 is 2.36 bits per heavy atom. The van der Waals surface area contributed by atoms with Gasteiger partial charge in [-0.1, -0.05) is 36.4 Å². The smallest absolute Gasteiger partial charge is 0.254 e. The molecule has 168 valence electrons. The number of Topliss-reactive ketones (excluding diaryl/α,β-unsaturated/α-hetero) is 1. The lowest BCUT2D eigenvalue weighted by Gasteiger charge is -2.31. The molecule has 1 N–H and O–H groups in total. The summed E-state index contributed by atoms with van der Waals surface area (Å²) in [6, 6.07) is 16.8. The molecule has 0 aliphatic carbocycles. The number of rotatable bonds is 4. The molecule has 0 saturated carbocycles. The van der Waals surface area contributed by atoms with Crippen molar-refractivity contribution >= 4 is 34.1 Å². The van der Waals surface area contributed by atoms with Gasteiger partial charge in [0.2, 0.25) is 12.7 Å². The first-order chi connectivity index (χ1) is 16.0. The lowest BCUT2D eigenvalue weighted by Crippen LogP contribution is -2.41. The lowest BCUT2D eigenvalue weighted by molar-refractivity contribution is -0.121. The predicted molar refractivity (Wildman–Crippen MR) is 124 cm³/mol. The van der Waals surface area contributed by atoms with Gasteiger partial charge in [-0.25, -0.2) is 0 Å². The highest BCUT2D eigenvalue weighted by atomic mass is 16.7. The van der Waals surface area contributed by atoms with Crippen molar-refractivity contribution in [2.75, 3.05) is 25.2 Å². The van der Waals surface area contributed by atoms with Crippen LogP contribution in [0.25, 0.3) is 10.8 Å². The zero-order valence-electron chi connectivity index (χ0n) is 18.3. The van der Waals surface area contributed by atoms with Crippen molar-refractivity contribution in [1.29, 1.82) is 0 Å². The monoisotopic (exact) mass is 444 g/mol. The molecule has 3 aromatic rings. The Morgan fingerprint density at radius 1 is 0.909 bits per heavy atom. The van der Waals surface area contributed by atoms with Crippen molar-refractivity contribution in [2.24, 2.45) is 5.92 Å². The second kappa shape index (κ2) is 8.58. The summed E-state index contributed by atoms with van der Waals surface area (Å²) in [4.78, 5) is 40.0. The summed E-state index contributed by atoms with van der Waals surface area (Å²) in [5, 5.41) is 4.86. The van der Waals surface area contributed by atoms with E-state index < -0.39 is 0 Å². The normalized spacial score (nSPS) is 15.5. The maximum Gasteiger partial charge on any atom is 0.254 e. The second-order valence-corrected chi connectivity index (χ2v) is 8.39. The van der Waals surface area contributed by atoms with Crippen LogP contribution in [0.3, 0.4) is 0 Å². The van der Waals surface area contributed by atoms with Crippen LogP contribution >= 0.6 is 0 Å². The van der Waals surface area contributed by atoms with Gasteiger partial charge in [-0.2, -0.15) is 0 Å². The molecule has 33 heavy (non-hydrogen) atoms. The largest absolute Gasteiger partial charge is 0.454 e. The van der Waals surface area contributed by atoms with Gasteiger partial charge >= 0.3 is 0 Å². The molecule has 5 rings (SSSR count). The zero-order valence-corrected chi connectivity index (χ0v) is 18.3. The van der Waals surface area contributed by atoms with Crippen LogP contribution < -0.4 is 14.8 Å². The number of carbonyl (C=O) groups is 3. The molecule has 0 aromatic heterocycles. The number of fused-ring (bicyclic) bond motifs is 2. The van der Waals surface area contributed by atoms with Crippen molar-refractivity contribution in [2.45, 2.75) is 19.8 Å². The van der Waals surface area contributed by atoms with E-state index in [-0.39, 0.29) is 30.3 Å². The van der Waals surface area contributed by atoms with Gasteiger partial charge < -0.3 is 19.7 Å². The zero-order chi connectivity index (χ0) is 22.9. The third kappa shape index (κ3) is 4.02. The van der Waals surface area contributed by atoms with E-state index in [2.05, 4.69) is 5.32 Å². The fourth-order valence-corrected chi connectivity index (χ4v) is 4.50. The maximum absolute atomic E-state index is 13.2. The number of hydrogen-bond donors (Lipinski definition) is 1. The Balaban J connectivity index is 1.26. The van der Waals surface area contributed by atoms with Gasteiger partial charge in [-0.15, -0.1) is 0 Å². The minimum Gasteiger partial charge on any atom is -0.454 e. The molecule has 2 heterocycles. The fourth-order valence-electron chi connectivity index (χ4n) is 4.50. The molecule has 0 bridgehead atoms. The summed E-state index contributed by atoms with van der Waals surface area (Å²) in [5.41, 5.74) is 1.49. The van der Waals surface area contributed by atoms with E-state index >= 15 is 0 Å². The van der Waals surface area contributed by atoms with Crippen molar-refractivity contribution < 1.29 is 23.9 Å². The Hall–Kier alpha value is -3.87. The summed E-state index contributed by atoms with van der Waals surface area (Å²) in [7, 11) is 0. The van der Waals surface area contributed by atoms with Crippen molar-refractivity contribution in [1.82, 2.24) is 4.90 Å². The van der Waals surface area contributed by atoms with E-state index in [1.54, 1.807) is 12.1 Å². The molecule has 2 aliphatic rings. The van der Waals surface area contributed by atoms with Crippen LogP contribution in [0.1, 0.15) is 40.5 Å². The molecule has 2 aliphatic heterocycles. The van der Waals surface area contributed by atoms with Crippen LogP contribution in [0, 0.1) is 5.92 Å². The predicted octanol–water partition coefficient (Wildman–Crippen LogP) is 4.26. The SMILES string of the molecule is CC(=O)c1cc2c(cc1NC(=O)C1CCN(C(=O)c3cccc4ccccc34)CC1)OCO2. The molecule has 2 amide bonds. The van der Waals surface area contributed by atoms with Crippen molar-refractivity contribution in [3.8, 4) is 11.5 Å². The molecule has 0 spiro atoms.